The fourth-order valence-corrected chi connectivity index (χ4v) is 1.43. The summed E-state index contributed by atoms with van der Waals surface area (Å²) in [6, 6.07) is 0. The Labute approximate surface area is 114 Å². The van der Waals surface area contributed by atoms with Crippen molar-refractivity contribution in [3.63, 3.8) is 0 Å². The number of ether oxygens (including phenoxy) is 2. The molecule has 1 atom stereocenters. The molecule has 1 aromatic heterocycles. The van der Waals surface area contributed by atoms with Gasteiger partial charge in [0.05, 0.1) is 12.7 Å². The first kappa shape index (κ1) is 16.4. The van der Waals surface area contributed by atoms with Crippen molar-refractivity contribution in [3.8, 4) is 0 Å². The zero-order valence-electron chi connectivity index (χ0n) is 11.3. The van der Waals surface area contributed by atoms with Gasteiger partial charge >= 0.3 is 12.1 Å². The fraction of sp³-hybridized carbons (Fsp3) is 0.583. The molecule has 0 spiro atoms. The smallest absolute Gasteiger partial charge is 0.434 e. The van der Waals surface area contributed by atoms with Gasteiger partial charge in [0, 0.05) is 19.7 Å². The van der Waals surface area contributed by atoms with Crippen LogP contribution in [0, 0.1) is 0 Å². The molecule has 0 aliphatic heterocycles. The Morgan fingerprint density at radius 1 is 1.45 bits per heavy atom. The van der Waals surface area contributed by atoms with Gasteiger partial charge in [0.2, 0.25) is 0 Å². The van der Waals surface area contributed by atoms with Crippen molar-refractivity contribution in [3.05, 3.63) is 23.3 Å². The molecule has 0 amide bonds. The molecule has 0 radical (unpaired) electrons. The van der Waals surface area contributed by atoms with Crippen molar-refractivity contribution >= 4 is 5.97 Å². The Kier molecular flexibility index (Phi) is 5.43. The monoisotopic (exact) mass is 292 g/mol. The molecule has 0 saturated carbocycles. The van der Waals surface area contributed by atoms with Gasteiger partial charge in [-0.1, -0.05) is 0 Å². The van der Waals surface area contributed by atoms with Gasteiger partial charge in [0.25, 0.3) is 0 Å². The van der Waals surface area contributed by atoms with Crippen molar-refractivity contribution in [1.82, 2.24) is 9.97 Å². The molecule has 1 aromatic rings. The number of nitrogens with zero attached hydrogens (tertiary/aromatic N) is 2. The summed E-state index contributed by atoms with van der Waals surface area (Å²) in [4.78, 5) is 18.6. The second kappa shape index (κ2) is 6.65. The van der Waals surface area contributed by atoms with E-state index in [9.17, 15) is 18.0 Å². The molecule has 0 saturated heterocycles. The second-order valence-corrected chi connectivity index (χ2v) is 4.02. The number of methoxy groups -OCH3 is 1. The Morgan fingerprint density at radius 2 is 2.10 bits per heavy atom. The van der Waals surface area contributed by atoms with Gasteiger partial charge in [-0.3, -0.25) is 0 Å². The summed E-state index contributed by atoms with van der Waals surface area (Å²) in [5.41, 5.74) is -1.97. The predicted octanol–water partition coefficient (Wildman–Crippen LogP) is 2.25. The zero-order valence-corrected chi connectivity index (χ0v) is 11.3. The normalized spacial score (nSPS) is 13.1. The Balaban J connectivity index is 3.17. The number of carbonyl (C=O) groups excluding carboxylic acids is 1. The standard InChI is InChI=1S/C12H15F3N2O3/c1-4-20-11(18)8-6-16-9(5-7(2)19-3)17-10(8)12(13,14)15/h6-7H,4-5H2,1-3H3. The summed E-state index contributed by atoms with van der Waals surface area (Å²) in [6.07, 6.45) is -4.13. The average molecular weight is 292 g/mol. The van der Waals surface area contributed by atoms with Crippen LogP contribution in [0.5, 0.6) is 0 Å². The quantitative estimate of drug-likeness (QED) is 0.779. The molecule has 1 heterocycles. The first-order valence-corrected chi connectivity index (χ1v) is 5.92. The highest BCUT2D eigenvalue weighted by Crippen LogP contribution is 2.30. The van der Waals surface area contributed by atoms with Gasteiger partial charge in [-0.25, -0.2) is 14.8 Å². The van der Waals surface area contributed by atoms with Crippen molar-refractivity contribution in [1.29, 1.82) is 0 Å². The van der Waals surface area contributed by atoms with E-state index >= 15 is 0 Å². The van der Waals surface area contributed by atoms with E-state index in [-0.39, 0.29) is 25.0 Å². The lowest BCUT2D eigenvalue weighted by Gasteiger charge is -2.13. The third-order valence-electron chi connectivity index (χ3n) is 2.47. The van der Waals surface area contributed by atoms with Gasteiger partial charge < -0.3 is 9.47 Å². The first-order chi connectivity index (χ1) is 9.29. The molecule has 0 aliphatic rings. The molecule has 5 nitrogen and oxygen atoms in total. The van der Waals surface area contributed by atoms with E-state index in [0.717, 1.165) is 6.20 Å². The summed E-state index contributed by atoms with van der Waals surface area (Å²) < 4.78 is 48.3. The number of carbonyl (C=O) groups is 1. The van der Waals surface area contributed by atoms with Crippen molar-refractivity contribution < 1.29 is 27.4 Å². The van der Waals surface area contributed by atoms with Gasteiger partial charge in [0.1, 0.15) is 11.4 Å². The minimum Gasteiger partial charge on any atom is -0.462 e. The van der Waals surface area contributed by atoms with Gasteiger partial charge in [0.15, 0.2) is 5.69 Å². The van der Waals surface area contributed by atoms with E-state index in [1.165, 1.54) is 14.0 Å². The van der Waals surface area contributed by atoms with E-state index < -0.39 is 23.4 Å². The molecule has 0 aromatic carbocycles. The molecular weight excluding hydrogens is 277 g/mol. The van der Waals surface area contributed by atoms with Crippen LogP contribution in [0.2, 0.25) is 0 Å². The predicted molar refractivity (Wildman–Crippen MR) is 63.2 cm³/mol. The van der Waals surface area contributed by atoms with Gasteiger partial charge in [-0.15, -0.1) is 0 Å². The third-order valence-corrected chi connectivity index (χ3v) is 2.47. The van der Waals surface area contributed by atoms with Gasteiger partial charge in [-0.05, 0) is 13.8 Å². The summed E-state index contributed by atoms with van der Waals surface area (Å²) in [5.74, 6) is -1.13. The van der Waals surface area contributed by atoms with Crippen LogP contribution in [0.1, 0.15) is 35.7 Å². The Morgan fingerprint density at radius 3 is 2.60 bits per heavy atom. The molecule has 0 aliphatic carbocycles. The van der Waals surface area contributed by atoms with Gasteiger partial charge in [-0.2, -0.15) is 13.2 Å². The van der Waals surface area contributed by atoms with Crippen LogP contribution in [0.15, 0.2) is 6.20 Å². The molecule has 112 valence electrons. The molecule has 8 heteroatoms. The molecule has 0 N–H and O–H groups in total. The molecular formula is C12H15F3N2O3. The van der Waals surface area contributed by atoms with Crippen LogP contribution in [-0.4, -0.2) is 35.8 Å². The lowest BCUT2D eigenvalue weighted by atomic mass is 10.2. The summed E-state index contributed by atoms with van der Waals surface area (Å²) in [6.45, 7) is 3.15. The van der Waals surface area contributed by atoms with Crippen LogP contribution in [0.3, 0.4) is 0 Å². The molecule has 1 unspecified atom stereocenters. The number of alkyl halides is 3. The molecule has 20 heavy (non-hydrogen) atoms. The summed E-state index contributed by atoms with van der Waals surface area (Å²) in [7, 11) is 1.43. The zero-order chi connectivity index (χ0) is 15.3. The maximum Gasteiger partial charge on any atom is 0.434 e. The molecule has 1 rings (SSSR count). The number of aromatic nitrogens is 2. The molecule has 0 bridgehead atoms. The minimum absolute atomic E-state index is 0.0292. The fourth-order valence-electron chi connectivity index (χ4n) is 1.43. The Hall–Kier alpha value is -1.70. The van der Waals surface area contributed by atoms with Crippen molar-refractivity contribution in [2.45, 2.75) is 32.5 Å². The van der Waals surface area contributed by atoms with Crippen molar-refractivity contribution in [2.24, 2.45) is 0 Å². The largest absolute Gasteiger partial charge is 0.462 e. The highest BCUT2D eigenvalue weighted by molar-refractivity contribution is 5.90. The third kappa shape index (κ3) is 4.16. The average Bonchev–Trinajstić information content (AvgIpc) is 2.37. The van der Waals surface area contributed by atoms with Crippen LogP contribution in [0.25, 0.3) is 0 Å². The summed E-state index contributed by atoms with van der Waals surface area (Å²) >= 11 is 0. The van der Waals surface area contributed by atoms with E-state index in [4.69, 9.17) is 4.74 Å². The number of rotatable bonds is 5. The second-order valence-electron chi connectivity index (χ2n) is 4.02. The number of halogens is 3. The van der Waals surface area contributed by atoms with E-state index in [1.807, 2.05) is 0 Å². The number of esters is 1. The number of hydrogen-bond acceptors (Lipinski definition) is 5. The van der Waals surface area contributed by atoms with Crippen LogP contribution in [0.4, 0.5) is 13.2 Å². The molecule has 0 fully saturated rings. The van der Waals surface area contributed by atoms with Crippen LogP contribution in [-0.2, 0) is 22.1 Å². The van der Waals surface area contributed by atoms with E-state index in [2.05, 4.69) is 14.7 Å². The first-order valence-electron chi connectivity index (χ1n) is 5.92. The van der Waals surface area contributed by atoms with Crippen LogP contribution < -0.4 is 0 Å². The van der Waals surface area contributed by atoms with E-state index in [0.29, 0.717) is 0 Å². The maximum atomic E-state index is 12.9. The van der Waals surface area contributed by atoms with Crippen LogP contribution >= 0.6 is 0 Å². The minimum atomic E-state index is -4.75. The SMILES string of the molecule is CCOC(=O)c1cnc(CC(C)OC)nc1C(F)(F)F. The lowest BCUT2D eigenvalue weighted by molar-refractivity contribution is -0.142. The van der Waals surface area contributed by atoms with E-state index in [1.54, 1.807) is 6.92 Å². The lowest BCUT2D eigenvalue weighted by Crippen LogP contribution is -2.21. The highest BCUT2D eigenvalue weighted by atomic mass is 19.4. The summed E-state index contributed by atoms with van der Waals surface area (Å²) in [5, 5.41) is 0. The number of hydrogen-bond donors (Lipinski definition) is 0. The maximum absolute atomic E-state index is 12.9. The van der Waals surface area contributed by atoms with Crippen molar-refractivity contribution in [2.75, 3.05) is 13.7 Å². The highest BCUT2D eigenvalue weighted by Gasteiger charge is 2.38. The topological polar surface area (TPSA) is 61.3 Å². The Bertz CT molecular complexity index is 478.